The number of rotatable bonds is 6. The van der Waals surface area contributed by atoms with Crippen molar-refractivity contribution >= 4 is 11.8 Å². The molecule has 0 aliphatic heterocycles. The first-order valence-electron chi connectivity index (χ1n) is 12.4. The minimum Gasteiger partial charge on any atom is -0.392 e. The van der Waals surface area contributed by atoms with Gasteiger partial charge in [-0.05, 0) is 72.6 Å². The standard InChI is InChI=1S/C27H36N4O3/c1-17(25(33)30-16-19-5-4-12-29-15-19)21-6-10-27(3)11-7-22(18(2)23(27)24(21)32)31-26(34)20-8-13-28-14-9-20/h4-5,8-9,12-15,17-18,21-24,32H,6-7,10-11,16H2,1-3H3,(H,30,33)(H,31,34)/t17-,18+,21-,22-,23+,24-,27-/m0/s1. The van der Waals surface area contributed by atoms with E-state index in [0.29, 0.717) is 12.1 Å². The number of aromatic nitrogens is 2. The van der Waals surface area contributed by atoms with E-state index in [4.69, 9.17) is 0 Å². The summed E-state index contributed by atoms with van der Waals surface area (Å²) in [6, 6.07) is 7.20. The SMILES string of the molecule is C[C@H]1[C@@H]2[C@@H](O)[C@H]([C@H](C)C(=O)NCc3cccnc3)CC[C@@]2(C)CC[C@@H]1NC(=O)c1ccncc1. The van der Waals surface area contributed by atoms with Gasteiger partial charge in [0.2, 0.25) is 5.91 Å². The molecule has 2 saturated carbocycles. The smallest absolute Gasteiger partial charge is 0.251 e. The molecule has 0 radical (unpaired) electrons. The van der Waals surface area contributed by atoms with Gasteiger partial charge < -0.3 is 15.7 Å². The minimum atomic E-state index is -0.589. The Labute approximate surface area is 201 Å². The van der Waals surface area contributed by atoms with Crippen molar-refractivity contribution in [1.82, 2.24) is 20.6 Å². The monoisotopic (exact) mass is 464 g/mol. The van der Waals surface area contributed by atoms with Gasteiger partial charge in [0.25, 0.3) is 5.91 Å². The van der Waals surface area contributed by atoms with Crippen LogP contribution < -0.4 is 10.6 Å². The molecule has 2 aromatic heterocycles. The van der Waals surface area contributed by atoms with E-state index in [-0.39, 0.29) is 46.9 Å². The van der Waals surface area contributed by atoms with Gasteiger partial charge in [0.05, 0.1) is 6.10 Å². The molecule has 7 nitrogen and oxygen atoms in total. The van der Waals surface area contributed by atoms with E-state index in [1.807, 2.05) is 19.1 Å². The zero-order chi connectivity index (χ0) is 24.3. The number of hydrogen-bond acceptors (Lipinski definition) is 5. The third-order valence-corrected chi connectivity index (χ3v) is 8.39. The Morgan fingerprint density at radius 1 is 1.15 bits per heavy atom. The Balaban J connectivity index is 1.42. The molecular weight excluding hydrogens is 428 g/mol. The van der Waals surface area contributed by atoms with E-state index >= 15 is 0 Å². The molecule has 34 heavy (non-hydrogen) atoms. The van der Waals surface area contributed by atoms with Gasteiger partial charge in [-0.2, -0.15) is 0 Å². The number of carbonyl (C=O) groups is 2. The maximum atomic E-state index is 12.9. The van der Waals surface area contributed by atoms with E-state index in [1.54, 1.807) is 36.9 Å². The number of fused-ring (bicyclic) bond motifs is 1. The lowest BCUT2D eigenvalue weighted by Crippen LogP contribution is -2.58. The first-order valence-corrected chi connectivity index (χ1v) is 12.4. The summed E-state index contributed by atoms with van der Waals surface area (Å²) in [4.78, 5) is 33.8. The van der Waals surface area contributed by atoms with Crippen LogP contribution in [0, 0.1) is 29.1 Å². The van der Waals surface area contributed by atoms with Gasteiger partial charge >= 0.3 is 0 Å². The lowest BCUT2D eigenvalue weighted by Gasteiger charge is -2.56. The summed E-state index contributed by atoms with van der Waals surface area (Å²) >= 11 is 0. The molecular formula is C27H36N4O3. The molecule has 3 N–H and O–H groups in total. The van der Waals surface area contributed by atoms with Crippen LogP contribution in [0.25, 0.3) is 0 Å². The summed E-state index contributed by atoms with van der Waals surface area (Å²) in [6.07, 6.45) is 9.76. The molecule has 0 saturated heterocycles. The fourth-order valence-corrected chi connectivity index (χ4v) is 6.30. The molecule has 7 atom stereocenters. The minimum absolute atomic E-state index is 0.0122. The van der Waals surface area contributed by atoms with Crippen molar-refractivity contribution in [2.45, 2.75) is 65.1 Å². The summed E-state index contributed by atoms with van der Waals surface area (Å²) in [5, 5.41) is 17.8. The number of amides is 2. The summed E-state index contributed by atoms with van der Waals surface area (Å²) in [5.74, 6) is -0.418. The molecule has 7 heteroatoms. The molecule has 2 heterocycles. The van der Waals surface area contributed by atoms with E-state index < -0.39 is 6.10 Å². The molecule has 182 valence electrons. The van der Waals surface area contributed by atoms with E-state index in [9.17, 15) is 14.7 Å². The van der Waals surface area contributed by atoms with Gasteiger partial charge in [-0.3, -0.25) is 19.6 Å². The third-order valence-electron chi connectivity index (χ3n) is 8.39. The highest BCUT2D eigenvalue weighted by Gasteiger charge is 2.53. The highest BCUT2D eigenvalue weighted by atomic mass is 16.3. The van der Waals surface area contributed by atoms with Gasteiger partial charge in [0, 0.05) is 48.9 Å². The maximum absolute atomic E-state index is 12.9. The molecule has 2 aromatic rings. The predicted molar refractivity (Wildman–Crippen MR) is 129 cm³/mol. The Bertz CT molecular complexity index is 986. The van der Waals surface area contributed by atoms with Crippen molar-refractivity contribution in [3.05, 3.63) is 60.2 Å². The van der Waals surface area contributed by atoms with Crippen molar-refractivity contribution in [1.29, 1.82) is 0 Å². The van der Waals surface area contributed by atoms with E-state index in [0.717, 1.165) is 31.2 Å². The van der Waals surface area contributed by atoms with Crippen molar-refractivity contribution in [3.63, 3.8) is 0 Å². The fourth-order valence-electron chi connectivity index (χ4n) is 6.30. The number of nitrogens with zero attached hydrogens (tertiary/aromatic N) is 2. The van der Waals surface area contributed by atoms with Crippen LogP contribution in [0.2, 0.25) is 0 Å². The fraction of sp³-hybridized carbons (Fsp3) is 0.556. The number of aliphatic hydroxyl groups excluding tert-OH is 1. The van der Waals surface area contributed by atoms with Crippen LogP contribution in [0.4, 0.5) is 0 Å². The molecule has 2 aliphatic rings. The van der Waals surface area contributed by atoms with Crippen LogP contribution in [0.5, 0.6) is 0 Å². The van der Waals surface area contributed by atoms with Gasteiger partial charge in [-0.1, -0.05) is 26.8 Å². The Morgan fingerprint density at radius 3 is 2.59 bits per heavy atom. The summed E-state index contributed by atoms with van der Waals surface area (Å²) in [6.45, 7) is 6.76. The predicted octanol–water partition coefficient (Wildman–Crippen LogP) is 3.35. The molecule has 0 spiro atoms. The van der Waals surface area contributed by atoms with Crippen LogP contribution in [0.3, 0.4) is 0 Å². The normalized spacial score (nSPS) is 31.7. The first kappa shape index (κ1) is 24.3. The maximum Gasteiger partial charge on any atom is 0.251 e. The first-order chi connectivity index (χ1) is 16.3. The number of nitrogens with one attached hydrogen (secondary N) is 2. The second-order valence-electron chi connectivity index (χ2n) is 10.5. The molecule has 2 aliphatic carbocycles. The summed E-state index contributed by atoms with van der Waals surface area (Å²) in [7, 11) is 0. The summed E-state index contributed by atoms with van der Waals surface area (Å²) in [5.41, 5.74) is 1.56. The zero-order valence-corrected chi connectivity index (χ0v) is 20.3. The zero-order valence-electron chi connectivity index (χ0n) is 20.3. The van der Waals surface area contributed by atoms with Crippen LogP contribution in [0.1, 0.15) is 62.4 Å². The second-order valence-corrected chi connectivity index (χ2v) is 10.5. The average molecular weight is 465 g/mol. The number of carbonyl (C=O) groups excluding carboxylic acids is 2. The van der Waals surface area contributed by atoms with Crippen LogP contribution in [-0.4, -0.2) is 39.0 Å². The average Bonchev–Trinajstić information content (AvgIpc) is 2.85. The van der Waals surface area contributed by atoms with Crippen molar-refractivity contribution in [2.75, 3.05) is 0 Å². The third kappa shape index (κ3) is 4.99. The lowest BCUT2D eigenvalue weighted by molar-refractivity contribution is -0.142. The topological polar surface area (TPSA) is 104 Å². The highest BCUT2D eigenvalue weighted by molar-refractivity contribution is 5.94. The van der Waals surface area contributed by atoms with Gasteiger partial charge in [-0.25, -0.2) is 0 Å². The Kier molecular flexibility index (Phi) is 7.31. The molecule has 0 aromatic carbocycles. The number of hydrogen-bond donors (Lipinski definition) is 3. The van der Waals surface area contributed by atoms with E-state index in [1.165, 1.54) is 0 Å². The van der Waals surface area contributed by atoms with Crippen LogP contribution in [0.15, 0.2) is 49.1 Å². The molecule has 4 rings (SSSR count). The van der Waals surface area contributed by atoms with Crippen LogP contribution >= 0.6 is 0 Å². The van der Waals surface area contributed by atoms with E-state index in [2.05, 4.69) is 34.4 Å². The van der Waals surface area contributed by atoms with Crippen molar-refractivity contribution in [2.24, 2.45) is 29.1 Å². The molecule has 0 unspecified atom stereocenters. The van der Waals surface area contributed by atoms with Crippen molar-refractivity contribution < 1.29 is 14.7 Å². The number of aliphatic hydroxyl groups is 1. The van der Waals surface area contributed by atoms with Gasteiger partial charge in [0.1, 0.15) is 0 Å². The Morgan fingerprint density at radius 2 is 1.88 bits per heavy atom. The highest BCUT2D eigenvalue weighted by Crippen LogP contribution is 2.55. The van der Waals surface area contributed by atoms with Gasteiger partial charge in [0.15, 0.2) is 0 Å². The summed E-state index contributed by atoms with van der Waals surface area (Å²) < 4.78 is 0. The molecule has 0 bridgehead atoms. The van der Waals surface area contributed by atoms with Crippen LogP contribution in [-0.2, 0) is 11.3 Å². The second kappa shape index (κ2) is 10.2. The largest absolute Gasteiger partial charge is 0.392 e. The lowest BCUT2D eigenvalue weighted by atomic mass is 9.51. The molecule has 2 amide bonds. The Hall–Kier alpha value is -2.80. The van der Waals surface area contributed by atoms with Gasteiger partial charge in [-0.15, -0.1) is 0 Å². The van der Waals surface area contributed by atoms with Crippen molar-refractivity contribution in [3.8, 4) is 0 Å². The quantitative estimate of drug-likeness (QED) is 0.608. The molecule has 2 fully saturated rings. The number of pyridine rings is 2.